The van der Waals surface area contributed by atoms with Crippen LogP contribution in [0.1, 0.15) is 0 Å². The molecule has 57 heavy (non-hydrogen) atoms. The number of nitrogens with zero attached hydrogens (tertiary/aromatic N) is 5. The van der Waals surface area contributed by atoms with Crippen molar-refractivity contribution in [2.75, 3.05) is 120 Å². The van der Waals surface area contributed by atoms with Crippen LogP contribution in [0.5, 0.6) is 5.75 Å². The summed E-state index contributed by atoms with van der Waals surface area (Å²) >= 11 is 0. The van der Waals surface area contributed by atoms with Gasteiger partial charge in [-0.15, -0.1) is 0 Å². The number of carbonyl (C=O) groups is 4. The molecule has 18 nitrogen and oxygen atoms in total. The monoisotopic (exact) mass is 835 g/mol. The summed E-state index contributed by atoms with van der Waals surface area (Å²) in [4.78, 5) is 49.1. The number of carboxylic acids is 2. The lowest BCUT2D eigenvalue weighted by Gasteiger charge is -2.44. The van der Waals surface area contributed by atoms with Crippen LogP contribution < -0.4 is 9.64 Å². The van der Waals surface area contributed by atoms with E-state index < -0.39 is 79.9 Å². The Kier molecular flexibility index (Phi) is 12.3. The molecule has 1 saturated heterocycles. The number of aliphatic carboxylic acids is 2. The highest BCUT2D eigenvalue weighted by atomic mass is 32.2. The van der Waals surface area contributed by atoms with Crippen LogP contribution in [0.4, 0.5) is 5.69 Å². The van der Waals surface area contributed by atoms with Crippen LogP contribution >= 0.6 is 0 Å². The third-order valence-electron chi connectivity index (χ3n) is 10.5. The van der Waals surface area contributed by atoms with Crippen molar-refractivity contribution in [1.29, 1.82) is 0 Å². The molecule has 0 atom stereocenters. The van der Waals surface area contributed by atoms with Gasteiger partial charge in [0.25, 0.3) is 0 Å². The fraction of sp³-hybridized carbons (Fsp3) is 0.459. The average Bonchev–Trinajstić information content (AvgIpc) is 3.13. The van der Waals surface area contributed by atoms with E-state index in [1.54, 1.807) is 26.2 Å². The van der Waals surface area contributed by atoms with E-state index in [0.717, 1.165) is 55.4 Å². The summed E-state index contributed by atoms with van der Waals surface area (Å²) in [6.07, 6.45) is 0. The first-order chi connectivity index (χ1) is 26.5. The number of anilines is 1. The van der Waals surface area contributed by atoms with Crippen LogP contribution in [0, 0.1) is 0 Å². The van der Waals surface area contributed by atoms with Gasteiger partial charge < -0.3 is 38.3 Å². The molecule has 0 bridgehead atoms. The summed E-state index contributed by atoms with van der Waals surface area (Å²) in [5, 5.41) is 21.0. The van der Waals surface area contributed by atoms with E-state index in [0.29, 0.717) is 49.4 Å². The fourth-order valence-corrected chi connectivity index (χ4v) is 10.3. The van der Waals surface area contributed by atoms with Gasteiger partial charge in [-0.2, -0.15) is 8.61 Å². The summed E-state index contributed by atoms with van der Waals surface area (Å²) in [7, 11) is 2.07. The number of methoxy groups -OCH3 is 2. The van der Waals surface area contributed by atoms with Gasteiger partial charge in [-0.25, -0.2) is 16.8 Å². The topological polar surface area (TPSA) is 214 Å². The largest absolute Gasteiger partial charge is 0.487 e. The van der Waals surface area contributed by atoms with E-state index in [1.165, 1.54) is 12.1 Å². The molecule has 0 aliphatic carbocycles. The van der Waals surface area contributed by atoms with Crippen molar-refractivity contribution in [1.82, 2.24) is 8.61 Å². The number of benzene rings is 4. The number of ether oxygens (including phenoxy) is 3. The van der Waals surface area contributed by atoms with Crippen LogP contribution in [0.25, 0.3) is 32.3 Å². The maximum Gasteiger partial charge on any atom is 0.321 e. The van der Waals surface area contributed by atoms with E-state index in [-0.39, 0.29) is 16.2 Å². The Morgan fingerprint density at radius 1 is 0.667 bits per heavy atom. The SMILES string of the molecule is COC(=O)CN(CC(=O)O)S(=O)(=O)c1cc(S(=O)(=O)N(CC(=O)O)CC(=O)OC)c2ccc3c(N(C)C)cc(OCC[N+]4(C)CC[N+](C)(C)CC4)c4ccc1c2c43. The molecule has 1 fully saturated rings. The number of esters is 2. The molecule has 4 aromatic rings. The Bertz CT molecular complexity index is 2360. The zero-order valence-electron chi connectivity index (χ0n) is 33.0. The predicted octanol–water partition coefficient (Wildman–Crippen LogP) is 1.06. The molecule has 1 heterocycles. The van der Waals surface area contributed by atoms with Crippen molar-refractivity contribution < 1.29 is 69.4 Å². The second kappa shape index (κ2) is 16.2. The summed E-state index contributed by atoms with van der Waals surface area (Å²) in [5.74, 6) is -4.96. The van der Waals surface area contributed by atoms with Crippen LogP contribution in [0.2, 0.25) is 0 Å². The first-order valence-corrected chi connectivity index (χ1v) is 20.7. The number of carboxylic acid groups (broad SMARTS) is 2. The number of sulfonamides is 2. The van der Waals surface area contributed by atoms with Gasteiger partial charge in [-0.3, -0.25) is 19.2 Å². The van der Waals surface area contributed by atoms with Crippen LogP contribution in [0.3, 0.4) is 0 Å². The van der Waals surface area contributed by atoms with Crippen molar-refractivity contribution >= 4 is 81.9 Å². The van der Waals surface area contributed by atoms with Gasteiger partial charge in [0, 0.05) is 58.2 Å². The summed E-state index contributed by atoms with van der Waals surface area (Å²) in [6.45, 7) is 0.508. The molecule has 0 unspecified atom stereocenters. The molecule has 1 aliphatic heterocycles. The molecule has 0 amide bonds. The number of rotatable bonds is 17. The molecular weight excluding hydrogens is 787 g/mol. The van der Waals surface area contributed by atoms with Gasteiger partial charge in [0.05, 0.1) is 45.2 Å². The highest BCUT2D eigenvalue weighted by Crippen LogP contribution is 2.47. The normalized spacial score (nSPS) is 15.7. The minimum absolute atomic E-state index is 0.0194. The Morgan fingerprint density at radius 3 is 1.54 bits per heavy atom. The first kappa shape index (κ1) is 43.3. The molecule has 2 N–H and O–H groups in total. The minimum Gasteiger partial charge on any atom is -0.487 e. The zero-order chi connectivity index (χ0) is 42.2. The second-order valence-electron chi connectivity index (χ2n) is 15.2. The molecule has 1 aliphatic rings. The van der Waals surface area contributed by atoms with Gasteiger partial charge in [0.15, 0.2) is 0 Å². The third kappa shape index (κ3) is 8.85. The van der Waals surface area contributed by atoms with Crippen LogP contribution in [-0.2, 0) is 48.7 Å². The molecular formula is C37H49N5O13S2+2. The minimum atomic E-state index is -5.05. The smallest absolute Gasteiger partial charge is 0.321 e. The van der Waals surface area contributed by atoms with Gasteiger partial charge >= 0.3 is 23.9 Å². The Morgan fingerprint density at radius 2 is 1.11 bits per heavy atom. The quantitative estimate of drug-likeness (QED) is 0.0865. The van der Waals surface area contributed by atoms with Crippen molar-refractivity contribution in [3.63, 3.8) is 0 Å². The van der Waals surface area contributed by atoms with Gasteiger partial charge in [0.2, 0.25) is 20.0 Å². The highest BCUT2D eigenvalue weighted by Gasteiger charge is 2.38. The van der Waals surface area contributed by atoms with E-state index in [1.807, 2.05) is 11.0 Å². The summed E-state index contributed by atoms with van der Waals surface area (Å²) in [5.41, 5.74) is 0.651. The fourth-order valence-electron chi connectivity index (χ4n) is 7.09. The van der Waals surface area contributed by atoms with E-state index >= 15 is 0 Å². The Labute approximate surface area is 330 Å². The average molecular weight is 836 g/mol. The van der Waals surface area contributed by atoms with Crippen molar-refractivity contribution in [3.05, 3.63) is 36.4 Å². The Balaban J connectivity index is 1.83. The number of carbonyl (C=O) groups excluding carboxylic acids is 2. The lowest BCUT2D eigenvalue weighted by atomic mass is 9.92. The molecule has 0 radical (unpaired) electrons. The highest BCUT2D eigenvalue weighted by molar-refractivity contribution is 7.90. The molecule has 20 heteroatoms. The van der Waals surface area contributed by atoms with E-state index in [4.69, 9.17) is 4.74 Å². The van der Waals surface area contributed by atoms with Crippen LogP contribution in [-0.4, -0.2) is 183 Å². The molecule has 0 aromatic heterocycles. The van der Waals surface area contributed by atoms with Crippen molar-refractivity contribution in [3.8, 4) is 5.75 Å². The number of hydrogen-bond donors (Lipinski definition) is 2. The van der Waals surface area contributed by atoms with Crippen molar-refractivity contribution in [2.45, 2.75) is 9.79 Å². The summed E-state index contributed by atoms with van der Waals surface area (Å²) in [6, 6.07) is 8.85. The Hall–Kier alpha value is -4.86. The molecule has 310 valence electrons. The number of likely N-dealkylation sites (N-methyl/N-ethyl adjacent to an activating group) is 2. The lowest BCUT2D eigenvalue weighted by Crippen LogP contribution is -2.63. The summed E-state index contributed by atoms with van der Waals surface area (Å²) < 4.78 is 76.5. The number of hydrogen-bond acceptors (Lipinski definition) is 12. The van der Waals surface area contributed by atoms with Gasteiger partial charge in [0.1, 0.15) is 71.3 Å². The molecule has 4 aromatic carbocycles. The van der Waals surface area contributed by atoms with Gasteiger partial charge in [-0.05, 0) is 12.1 Å². The zero-order valence-corrected chi connectivity index (χ0v) is 34.6. The van der Waals surface area contributed by atoms with Gasteiger partial charge in [-0.1, -0.05) is 18.2 Å². The standard InChI is InChI=1S/C37H47N5O13S2/c1-38(2)28-18-29(55-17-16-42(5)14-12-41(3,4)13-15-42)25-9-11-27-31(57(51,52)40(21-33(45)46)23-35(48)54-7)19-30(26-10-8-24(28)36(25)37(26)27)56(49,50)39(20-32(43)44)22-34(47)53-6/h8-11,18-19H,12-17,20-23H2,1-7H3/p+2. The molecule has 0 saturated carbocycles. The maximum absolute atomic E-state index is 14.6. The third-order valence-corrected chi connectivity index (χ3v) is 14.2. The van der Waals surface area contributed by atoms with E-state index in [2.05, 4.69) is 30.6 Å². The lowest BCUT2D eigenvalue weighted by molar-refractivity contribution is -1.01. The predicted molar refractivity (Wildman–Crippen MR) is 209 cm³/mol. The van der Waals surface area contributed by atoms with Crippen molar-refractivity contribution in [2.24, 2.45) is 0 Å². The van der Waals surface area contributed by atoms with Crippen LogP contribution in [0.15, 0.2) is 46.2 Å². The maximum atomic E-state index is 14.6. The number of piperazine rings is 1. The first-order valence-electron chi connectivity index (χ1n) is 17.9. The van der Waals surface area contributed by atoms with E-state index in [9.17, 15) is 46.2 Å². The molecule has 5 rings (SSSR count). The second-order valence-corrected chi connectivity index (χ2v) is 19.1. The molecule has 0 spiro atoms. The number of quaternary nitrogens is 2.